The Kier molecular flexibility index (Phi) is 4.06. The van der Waals surface area contributed by atoms with E-state index in [1.165, 1.54) is 0 Å². The Balaban J connectivity index is 1.43. The molecule has 0 spiro atoms. The minimum atomic E-state index is 0.562. The van der Waals surface area contributed by atoms with Crippen molar-refractivity contribution in [3.05, 3.63) is 96.1 Å². The standard InChI is InChI=1S/C25H19NO2/c1-17-6-5-9-23-24(17)26-25(28-23)21-11-10-20-15-22(13-12-19(20)14-21)27-16-18-7-3-2-4-8-18/h2-15H,16H2,1H3. The predicted molar refractivity (Wildman–Crippen MR) is 112 cm³/mol. The Morgan fingerprint density at radius 1 is 0.821 bits per heavy atom. The summed E-state index contributed by atoms with van der Waals surface area (Å²) in [6.07, 6.45) is 0. The lowest BCUT2D eigenvalue weighted by molar-refractivity contribution is 0.306. The number of oxazole rings is 1. The number of hydrogen-bond acceptors (Lipinski definition) is 3. The van der Waals surface area contributed by atoms with Gasteiger partial charge in [0.25, 0.3) is 0 Å². The summed E-state index contributed by atoms with van der Waals surface area (Å²) < 4.78 is 11.9. The van der Waals surface area contributed by atoms with Gasteiger partial charge in [-0.05, 0) is 59.2 Å². The van der Waals surface area contributed by atoms with Crippen LogP contribution in [0.15, 0.2) is 89.3 Å². The van der Waals surface area contributed by atoms with Gasteiger partial charge in [0.2, 0.25) is 5.89 Å². The molecule has 0 saturated carbocycles. The molecule has 0 fully saturated rings. The van der Waals surface area contributed by atoms with E-state index in [2.05, 4.69) is 41.4 Å². The molecular weight excluding hydrogens is 346 g/mol. The van der Waals surface area contributed by atoms with E-state index in [0.29, 0.717) is 12.5 Å². The second-order valence-electron chi connectivity index (χ2n) is 6.94. The van der Waals surface area contributed by atoms with E-state index in [-0.39, 0.29) is 0 Å². The first-order chi connectivity index (χ1) is 13.8. The molecule has 1 heterocycles. The number of aryl methyl sites for hydroxylation is 1. The van der Waals surface area contributed by atoms with Gasteiger partial charge in [-0.15, -0.1) is 0 Å². The summed E-state index contributed by atoms with van der Waals surface area (Å²) in [4.78, 5) is 4.68. The first-order valence-corrected chi connectivity index (χ1v) is 9.33. The molecule has 28 heavy (non-hydrogen) atoms. The normalized spacial score (nSPS) is 11.2. The molecule has 5 aromatic rings. The monoisotopic (exact) mass is 365 g/mol. The predicted octanol–water partition coefficient (Wildman–Crippen LogP) is 6.54. The van der Waals surface area contributed by atoms with Crippen LogP contribution in [0.1, 0.15) is 11.1 Å². The van der Waals surface area contributed by atoms with Gasteiger partial charge in [-0.3, -0.25) is 0 Å². The number of fused-ring (bicyclic) bond motifs is 2. The zero-order valence-electron chi connectivity index (χ0n) is 15.6. The largest absolute Gasteiger partial charge is 0.489 e. The van der Waals surface area contributed by atoms with Crippen molar-refractivity contribution < 1.29 is 9.15 Å². The fraction of sp³-hybridized carbons (Fsp3) is 0.0800. The van der Waals surface area contributed by atoms with Crippen LogP contribution in [0.2, 0.25) is 0 Å². The van der Waals surface area contributed by atoms with Crippen LogP contribution in [-0.2, 0) is 6.61 Å². The molecule has 136 valence electrons. The molecular formula is C25H19NO2. The Morgan fingerprint density at radius 3 is 2.50 bits per heavy atom. The summed E-state index contributed by atoms with van der Waals surface area (Å²) in [5, 5.41) is 2.25. The maximum Gasteiger partial charge on any atom is 0.227 e. The van der Waals surface area contributed by atoms with Crippen molar-refractivity contribution in [2.24, 2.45) is 0 Å². The van der Waals surface area contributed by atoms with E-state index in [1.807, 2.05) is 55.5 Å². The van der Waals surface area contributed by atoms with Gasteiger partial charge in [0, 0.05) is 5.56 Å². The third-order valence-electron chi connectivity index (χ3n) is 4.93. The molecule has 0 bridgehead atoms. The van der Waals surface area contributed by atoms with Crippen molar-refractivity contribution in [2.75, 3.05) is 0 Å². The maximum absolute atomic E-state index is 5.96. The molecule has 0 radical (unpaired) electrons. The number of nitrogens with zero attached hydrogens (tertiary/aromatic N) is 1. The van der Waals surface area contributed by atoms with Crippen LogP contribution in [0.25, 0.3) is 33.3 Å². The summed E-state index contributed by atoms with van der Waals surface area (Å²) in [6.45, 7) is 2.61. The average molecular weight is 365 g/mol. The second-order valence-corrected chi connectivity index (χ2v) is 6.94. The first kappa shape index (κ1) is 16.6. The number of hydrogen-bond donors (Lipinski definition) is 0. The number of benzene rings is 4. The van der Waals surface area contributed by atoms with Gasteiger partial charge in [-0.25, -0.2) is 4.98 Å². The fourth-order valence-corrected chi connectivity index (χ4v) is 3.40. The van der Waals surface area contributed by atoms with Gasteiger partial charge in [-0.1, -0.05) is 54.6 Å². The van der Waals surface area contributed by atoms with E-state index in [9.17, 15) is 0 Å². The first-order valence-electron chi connectivity index (χ1n) is 9.33. The molecule has 0 amide bonds. The Labute approximate surface area is 163 Å². The quantitative estimate of drug-likeness (QED) is 0.363. The lowest BCUT2D eigenvalue weighted by Gasteiger charge is -2.08. The lowest BCUT2D eigenvalue weighted by atomic mass is 10.1. The van der Waals surface area contributed by atoms with Crippen LogP contribution in [-0.4, -0.2) is 4.98 Å². The maximum atomic E-state index is 5.96. The Bertz CT molecular complexity index is 1270. The molecule has 5 rings (SSSR count). The Morgan fingerprint density at radius 2 is 1.64 bits per heavy atom. The number of aromatic nitrogens is 1. The van der Waals surface area contributed by atoms with Crippen LogP contribution in [0.5, 0.6) is 5.75 Å². The summed E-state index contributed by atoms with van der Waals surface area (Å²) >= 11 is 0. The van der Waals surface area contributed by atoms with Crippen molar-refractivity contribution in [3.8, 4) is 17.2 Å². The third-order valence-corrected chi connectivity index (χ3v) is 4.93. The van der Waals surface area contributed by atoms with Gasteiger partial charge in [-0.2, -0.15) is 0 Å². The topological polar surface area (TPSA) is 35.3 Å². The van der Waals surface area contributed by atoms with E-state index < -0.39 is 0 Å². The molecule has 3 heteroatoms. The highest BCUT2D eigenvalue weighted by molar-refractivity contribution is 5.88. The van der Waals surface area contributed by atoms with E-state index >= 15 is 0 Å². The van der Waals surface area contributed by atoms with Crippen LogP contribution >= 0.6 is 0 Å². The summed E-state index contributed by atoms with van der Waals surface area (Å²) in [6, 6.07) is 28.6. The highest BCUT2D eigenvalue weighted by Gasteiger charge is 2.10. The fourth-order valence-electron chi connectivity index (χ4n) is 3.40. The molecule has 0 atom stereocenters. The highest BCUT2D eigenvalue weighted by Crippen LogP contribution is 2.30. The van der Waals surface area contributed by atoms with Crippen LogP contribution in [0.4, 0.5) is 0 Å². The van der Waals surface area contributed by atoms with E-state index in [4.69, 9.17) is 9.15 Å². The number of para-hydroxylation sites is 1. The van der Waals surface area contributed by atoms with Crippen LogP contribution < -0.4 is 4.74 Å². The van der Waals surface area contributed by atoms with Gasteiger partial charge in [0.1, 0.15) is 17.9 Å². The average Bonchev–Trinajstić information content (AvgIpc) is 3.18. The van der Waals surface area contributed by atoms with Gasteiger partial charge >= 0.3 is 0 Å². The van der Waals surface area contributed by atoms with Crippen LogP contribution in [0.3, 0.4) is 0 Å². The van der Waals surface area contributed by atoms with Crippen molar-refractivity contribution in [1.82, 2.24) is 4.98 Å². The molecule has 0 N–H and O–H groups in total. The van der Waals surface area contributed by atoms with Crippen LogP contribution in [0, 0.1) is 6.92 Å². The molecule has 0 aliphatic carbocycles. The molecule has 0 saturated heterocycles. The second kappa shape index (κ2) is 6.86. The van der Waals surface area contributed by atoms with Crippen molar-refractivity contribution in [2.45, 2.75) is 13.5 Å². The molecule has 0 unspecified atom stereocenters. The molecule has 0 aliphatic heterocycles. The van der Waals surface area contributed by atoms with Crippen molar-refractivity contribution in [1.29, 1.82) is 0 Å². The van der Waals surface area contributed by atoms with Gasteiger partial charge in [0.05, 0.1) is 0 Å². The zero-order chi connectivity index (χ0) is 18.9. The third kappa shape index (κ3) is 3.12. The number of rotatable bonds is 4. The number of ether oxygens (including phenoxy) is 1. The summed E-state index contributed by atoms with van der Waals surface area (Å²) in [5.41, 5.74) is 4.99. The smallest absolute Gasteiger partial charge is 0.227 e. The van der Waals surface area contributed by atoms with Crippen molar-refractivity contribution in [3.63, 3.8) is 0 Å². The molecule has 0 aliphatic rings. The minimum Gasteiger partial charge on any atom is -0.489 e. The summed E-state index contributed by atoms with van der Waals surface area (Å²) in [7, 11) is 0. The zero-order valence-corrected chi connectivity index (χ0v) is 15.6. The van der Waals surface area contributed by atoms with Gasteiger partial charge in [0.15, 0.2) is 5.58 Å². The highest BCUT2D eigenvalue weighted by atomic mass is 16.5. The SMILES string of the molecule is Cc1cccc2oc(-c3ccc4cc(OCc5ccccc5)ccc4c3)nc12. The summed E-state index contributed by atoms with van der Waals surface area (Å²) in [5.74, 6) is 1.51. The van der Waals surface area contributed by atoms with E-state index in [0.717, 1.165) is 44.3 Å². The minimum absolute atomic E-state index is 0.562. The van der Waals surface area contributed by atoms with Gasteiger partial charge < -0.3 is 9.15 Å². The molecule has 3 nitrogen and oxygen atoms in total. The van der Waals surface area contributed by atoms with Crippen molar-refractivity contribution >= 4 is 21.9 Å². The lowest BCUT2D eigenvalue weighted by Crippen LogP contribution is -1.94. The molecule has 1 aromatic heterocycles. The Hall–Kier alpha value is -3.59. The molecule has 4 aromatic carbocycles. The van der Waals surface area contributed by atoms with E-state index in [1.54, 1.807) is 0 Å².